The van der Waals surface area contributed by atoms with Gasteiger partial charge in [-0.25, -0.2) is 8.78 Å². The van der Waals surface area contributed by atoms with Crippen molar-refractivity contribution >= 4 is 23.4 Å². The molecule has 0 aliphatic heterocycles. The number of halogens is 6. The Morgan fingerprint density at radius 1 is 1.06 bits per heavy atom. The summed E-state index contributed by atoms with van der Waals surface area (Å²) in [5.41, 5.74) is -1.95. The van der Waals surface area contributed by atoms with Crippen LogP contribution in [0.2, 0.25) is 5.02 Å². The zero-order valence-electron chi connectivity index (χ0n) is 17.6. The van der Waals surface area contributed by atoms with Crippen LogP contribution >= 0.6 is 11.6 Å². The SMILES string of the molecule is O=C(COc1ccc(Cl)c(F)c1)N[C@H]1CC2(C(=O)NCc3ccc(F)c(C(F)(F)F)c3)CC1C2. The summed E-state index contributed by atoms with van der Waals surface area (Å²) in [4.78, 5) is 25.0. The van der Waals surface area contributed by atoms with Gasteiger partial charge < -0.3 is 15.4 Å². The van der Waals surface area contributed by atoms with Crippen LogP contribution in [0.1, 0.15) is 30.4 Å². The van der Waals surface area contributed by atoms with Crippen LogP contribution in [0, 0.1) is 23.0 Å². The van der Waals surface area contributed by atoms with E-state index in [4.69, 9.17) is 16.3 Å². The van der Waals surface area contributed by atoms with Crippen LogP contribution in [0.3, 0.4) is 0 Å². The van der Waals surface area contributed by atoms with Gasteiger partial charge in [0.25, 0.3) is 5.91 Å². The molecule has 2 amide bonds. The van der Waals surface area contributed by atoms with Crippen molar-refractivity contribution in [3.63, 3.8) is 0 Å². The third kappa shape index (κ3) is 4.96. The first-order valence-electron chi connectivity index (χ1n) is 10.5. The molecule has 0 heterocycles. The Morgan fingerprint density at radius 2 is 1.79 bits per heavy atom. The van der Waals surface area contributed by atoms with Gasteiger partial charge in [0.05, 0.1) is 16.0 Å². The second kappa shape index (κ2) is 9.05. The summed E-state index contributed by atoms with van der Waals surface area (Å²) in [6.07, 6.45) is -3.34. The van der Waals surface area contributed by atoms with Crippen molar-refractivity contribution in [2.45, 2.75) is 38.0 Å². The predicted octanol–water partition coefficient (Wildman–Crippen LogP) is 4.62. The average molecular weight is 503 g/mol. The number of nitrogens with one attached hydrogen (secondary N) is 2. The topological polar surface area (TPSA) is 67.4 Å². The van der Waals surface area contributed by atoms with E-state index in [9.17, 15) is 31.5 Å². The number of fused-ring (bicyclic) bond motifs is 1. The fourth-order valence-electron chi connectivity index (χ4n) is 4.66. The number of carbonyl (C=O) groups excluding carboxylic acids is 2. The largest absolute Gasteiger partial charge is 0.484 e. The summed E-state index contributed by atoms with van der Waals surface area (Å²) in [5, 5.41) is 5.39. The van der Waals surface area contributed by atoms with E-state index in [0.717, 1.165) is 12.1 Å². The molecule has 2 aromatic rings. The molecule has 5 rings (SSSR count). The lowest BCUT2D eigenvalue weighted by Gasteiger charge is -2.36. The highest BCUT2D eigenvalue weighted by Crippen LogP contribution is 2.58. The minimum Gasteiger partial charge on any atom is -0.484 e. The average Bonchev–Trinajstić information content (AvgIpc) is 3.28. The first-order chi connectivity index (χ1) is 16.0. The molecule has 2 aromatic carbocycles. The molecule has 3 fully saturated rings. The van der Waals surface area contributed by atoms with Gasteiger partial charge in [-0.05, 0) is 55.0 Å². The van der Waals surface area contributed by atoms with Crippen molar-refractivity contribution in [2.24, 2.45) is 11.3 Å². The Kier molecular flexibility index (Phi) is 6.46. The third-order valence-electron chi connectivity index (χ3n) is 6.36. The van der Waals surface area contributed by atoms with Crippen LogP contribution in [0.5, 0.6) is 5.75 Å². The minimum absolute atomic E-state index is 0.0636. The number of benzene rings is 2. The summed E-state index contributed by atoms with van der Waals surface area (Å²) in [6, 6.07) is 6.17. The van der Waals surface area contributed by atoms with E-state index in [1.54, 1.807) is 0 Å². The lowest BCUT2D eigenvalue weighted by molar-refractivity contribution is -0.140. The molecule has 182 valence electrons. The van der Waals surface area contributed by atoms with Crippen LogP contribution in [0.25, 0.3) is 0 Å². The Hall–Kier alpha value is -2.88. The van der Waals surface area contributed by atoms with Crippen molar-refractivity contribution in [1.82, 2.24) is 10.6 Å². The number of ether oxygens (including phenoxy) is 1. The van der Waals surface area contributed by atoms with Gasteiger partial charge in [-0.15, -0.1) is 0 Å². The highest BCUT2D eigenvalue weighted by atomic mass is 35.5. The molecule has 5 nitrogen and oxygen atoms in total. The summed E-state index contributed by atoms with van der Waals surface area (Å²) in [7, 11) is 0. The summed E-state index contributed by atoms with van der Waals surface area (Å²) in [5.74, 6) is -2.52. The predicted molar refractivity (Wildman–Crippen MR) is 112 cm³/mol. The first-order valence-corrected chi connectivity index (χ1v) is 10.9. The highest BCUT2D eigenvalue weighted by Gasteiger charge is 2.60. The highest BCUT2D eigenvalue weighted by molar-refractivity contribution is 6.30. The molecule has 0 aromatic heterocycles. The van der Waals surface area contributed by atoms with E-state index >= 15 is 0 Å². The quantitative estimate of drug-likeness (QED) is 0.543. The normalized spacial score (nSPS) is 23.2. The number of hydrogen-bond donors (Lipinski definition) is 2. The van der Waals surface area contributed by atoms with E-state index < -0.39 is 34.7 Å². The maximum Gasteiger partial charge on any atom is 0.419 e. The molecule has 2 bridgehead atoms. The van der Waals surface area contributed by atoms with Gasteiger partial charge in [0.1, 0.15) is 17.4 Å². The van der Waals surface area contributed by atoms with Crippen molar-refractivity contribution < 1.29 is 36.3 Å². The van der Waals surface area contributed by atoms with Crippen molar-refractivity contribution in [3.8, 4) is 5.75 Å². The standard InChI is InChI=1S/C23H20ClF5N2O3/c24-16-3-2-14(6-18(16)26)34-11-20(32)31-19-9-22(7-13(19)8-22)21(33)30-10-12-1-4-17(25)15(5-12)23(27,28)29/h1-6,13,19H,7-11H2,(H,30,33)(H,31,32)/t13?,19-,22?/m0/s1. The maximum atomic E-state index is 13.4. The number of hydrogen-bond acceptors (Lipinski definition) is 3. The van der Waals surface area contributed by atoms with Crippen molar-refractivity contribution in [2.75, 3.05) is 6.61 Å². The fourth-order valence-corrected chi connectivity index (χ4v) is 4.78. The number of carbonyl (C=O) groups is 2. The number of rotatable bonds is 7. The molecular formula is C23H20ClF5N2O3. The molecule has 3 saturated carbocycles. The Labute approximate surface area is 196 Å². The van der Waals surface area contributed by atoms with E-state index in [1.165, 1.54) is 18.2 Å². The molecule has 11 heteroatoms. The van der Waals surface area contributed by atoms with Crippen LogP contribution < -0.4 is 15.4 Å². The van der Waals surface area contributed by atoms with Crippen LogP contribution in [0.15, 0.2) is 36.4 Å². The van der Waals surface area contributed by atoms with Gasteiger partial charge >= 0.3 is 6.18 Å². The lowest BCUT2D eigenvalue weighted by atomic mass is 9.69. The summed E-state index contributed by atoms with van der Waals surface area (Å²) < 4.78 is 70.8. The van der Waals surface area contributed by atoms with E-state index in [2.05, 4.69) is 10.6 Å². The van der Waals surface area contributed by atoms with Gasteiger partial charge in [0, 0.05) is 18.7 Å². The number of alkyl halides is 3. The molecule has 3 aliphatic rings. The van der Waals surface area contributed by atoms with Crippen LogP contribution in [-0.2, 0) is 22.3 Å². The third-order valence-corrected chi connectivity index (χ3v) is 6.67. The van der Waals surface area contributed by atoms with Gasteiger partial charge in [-0.3, -0.25) is 9.59 Å². The molecule has 0 unspecified atom stereocenters. The van der Waals surface area contributed by atoms with Crippen molar-refractivity contribution in [1.29, 1.82) is 0 Å². The van der Waals surface area contributed by atoms with E-state index in [0.29, 0.717) is 25.3 Å². The van der Waals surface area contributed by atoms with Gasteiger partial charge in [-0.2, -0.15) is 13.2 Å². The molecular weight excluding hydrogens is 483 g/mol. The maximum absolute atomic E-state index is 13.4. The molecule has 34 heavy (non-hydrogen) atoms. The molecule has 0 saturated heterocycles. The van der Waals surface area contributed by atoms with Crippen LogP contribution in [0.4, 0.5) is 22.0 Å². The Morgan fingerprint density at radius 3 is 2.47 bits per heavy atom. The smallest absolute Gasteiger partial charge is 0.419 e. The molecule has 3 aliphatic carbocycles. The zero-order chi connectivity index (χ0) is 24.7. The van der Waals surface area contributed by atoms with Gasteiger partial charge in [-0.1, -0.05) is 17.7 Å². The molecule has 1 atom stereocenters. The van der Waals surface area contributed by atoms with E-state index in [1.807, 2.05) is 0 Å². The van der Waals surface area contributed by atoms with Gasteiger partial charge in [0.2, 0.25) is 5.91 Å². The van der Waals surface area contributed by atoms with Crippen molar-refractivity contribution in [3.05, 3.63) is 64.2 Å². The monoisotopic (exact) mass is 502 g/mol. The fraction of sp³-hybridized carbons (Fsp3) is 0.391. The minimum atomic E-state index is -4.83. The second-order valence-electron chi connectivity index (χ2n) is 8.69. The second-order valence-corrected chi connectivity index (χ2v) is 9.09. The zero-order valence-corrected chi connectivity index (χ0v) is 18.4. The number of amides is 2. The van der Waals surface area contributed by atoms with Gasteiger partial charge in [0.15, 0.2) is 6.61 Å². The molecule has 0 spiro atoms. The van der Waals surface area contributed by atoms with Crippen LogP contribution in [-0.4, -0.2) is 24.5 Å². The molecule has 2 N–H and O–H groups in total. The Bertz CT molecular complexity index is 1120. The Balaban J connectivity index is 1.27. The summed E-state index contributed by atoms with van der Waals surface area (Å²) in [6.45, 7) is -0.507. The first kappa shape index (κ1) is 24.3. The lowest BCUT2D eigenvalue weighted by Crippen LogP contribution is -2.44. The summed E-state index contributed by atoms with van der Waals surface area (Å²) >= 11 is 5.60. The molecule has 0 radical (unpaired) electrons. The van der Waals surface area contributed by atoms with E-state index in [-0.39, 0.29) is 47.4 Å².